The van der Waals surface area contributed by atoms with Gasteiger partial charge >= 0.3 is 0 Å². The average molecular weight is 223 g/mol. The first-order chi connectivity index (χ1) is 7.16. The number of thiazole rings is 1. The van der Waals surface area contributed by atoms with Gasteiger partial charge < -0.3 is 0 Å². The van der Waals surface area contributed by atoms with Crippen molar-refractivity contribution in [2.75, 3.05) is 0 Å². The highest BCUT2D eigenvalue weighted by Gasteiger charge is 2.25. The minimum atomic E-state index is 0.763. The first-order valence-corrected chi connectivity index (χ1v) is 6.97. The molecule has 1 aromatic heterocycles. The zero-order chi connectivity index (χ0) is 10.8. The van der Waals surface area contributed by atoms with E-state index in [2.05, 4.69) is 31.1 Å². The van der Waals surface area contributed by atoms with Crippen LogP contribution in [0, 0.1) is 18.8 Å². The van der Waals surface area contributed by atoms with Crippen LogP contribution in [0.2, 0.25) is 0 Å². The van der Waals surface area contributed by atoms with Gasteiger partial charge in [0, 0.05) is 17.0 Å². The first kappa shape index (κ1) is 11.1. The fraction of sp³-hybridized carbons (Fsp3) is 0.769. The van der Waals surface area contributed by atoms with E-state index in [0.717, 1.165) is 17.8 Å². The molecule has 0 amide bonds. The Morgan fingerprint density at radius 2 is 1.93 bits per heavy atom. The van der Waals surface area contributed by atoms with Crippen molar-refractivity contribution in [3.05, 3.63) is 16.1 Å². The predicted molar refractivity (Wildman–Crippen MR) is 66.4 cm³/mol. The summed E-state index contributed by atoms with van der Waals surface area (Å²) in [5.41, 5.74) is 1.20. The van der Waals surface area contributed by atoms with Crippen LogP contribution in [0.5, 0.6) is 0 Å². The maximum absolute atomic E-state index is 4.62. The average Bonchev–Trinajstić information content (AvgIpc) is 2.65. The standard InChI is InChI=1S/C13H21NS/c1-9(2)11-4-6-12(7-5-11)13-14-10(3)8-15-13/h8-9,11-12H,4-7H2,1-3H3. The van der Waals surface area contributed by atoms with Crippen LogP contribution in [0.25, 0.3) is 0 Å². The van der Waals surface area contributed by atoms with E-state index in [1.807, 2.05) is 11.3 Å². The maximum atomic E-state index is 4.62. The lowest BCUT2D eigenvalue weighted by atomic mass is 9.77. The topological polar surface area (TPSA) is 12.9 Å². The fourth-order valence-electron chi connectivity index (χ4n) is 2.59. The van der Waals surface area contributed by atoms with Crippen LogP contribution in [0.15, 0.2) is 5.38 Å². The molecule has 0 saturated heterocycles. The summed E-state index contributed by atoms with van der Waals surface area (Å²) >= 11 is 1.85. The molecule has 0 aliphatic heterocycles. The van der Waals surface area contributed by atoms with E-state index in [-0.39, 0.29) is 0 Å². The molecule has 1 aliphatic rings. The summed E-state index contributed by atoms with van der Waals surface area (Å²) in [5.74, 6) is 2.59. The number of aryl methyl sites for hydroxylation is 1. The highest BCUT2D eigenvalue weighted by atomic mass is 32.1. The van der Waals surface area contributed by atoms with Crippen LogP contribution < -0.4 is 0 Å². The molecule has 1 aromatic rings. The molecular weight excluding hydrogens is 202 g/mol. The third-order valence-electron chi connectivity index (χ3n) is 3.70. The van der Waals surface area contributed by atoms with Crippen LogP contribution in [-0.2, 0) is 0 Å². The molecule has 2 rings (SSSR count). The Bertz CT molecular complexity index is 308. The zero-order valence-electron chi connectivity index (χ0n) is 9.99. The van der Waals surface area contributed by atoms with Gasteiger partial charge in [0.1, 0.15) is 0 Å². The van der Waals surface area contributed by atoms with Gasteiger partial charge in [-0.05, 0) is 44.4 Å². The van der Waals surface area contributed by atoms with Crippen LogP contribution in [0.1, 0.15) is 56.2 Å². The van der Waals surface area contributed by atoms with Crippen molar-refractivity contribution in [2.45, 2.75) is 52.4 Å². The van der Waals surface area contributed by atoms with E-state index in [0.29, 0.717) is 0 Å². The molecule has 1 aliphatic carbocycles. The van der Waals surface area contributed by atoms with E-state index >= 15 is 0 Å². The van der Waals surface area contributed by atoms with E-state index in [1.165, 1.54) is 36.4 Å². The molecule has 2 heteroatoms. The molecule has 0 N–H and O–H groups in total. The Morgan fingerprint density at radius 1 is 1.27 bits per heavy atom. The summed E-state index contributed by atoms with van der Waals surface area (Å²) in [5, 5.41) is 3.57. The summed E-state index contributed by atoms with van der Waals surface area (Å²) < 4.78 is 0. The molecule has 0 spiro atoms. The quantitative estimate of drug-likeness (QED) is 0.725. The number of aromatic nitrogens is 1. The summed E-state index contributed by atoms with van der Waals surface area (Å²) in [4.78, 5) is 4.62. The van der Waals surface area contributed by atoms with Crippen molar-refractivity contribution in [3.63, 3.8) is 0 Å². The number of nitrogens with zero attached hydrogens (tertiary/aromatic N) is 1. The van der Waals surface area contributed by atoms with Crippen LogP contribution in [0.3, 0.4) is 0 Å². The second-order valence-corrected chi connectivity index (χ2v) is 6.07. The monoisotopic (exact) mass is 223 g/mol. The molecule has 1 heterocycles. The minimum Gasteiger partial charge on any atom is -0.246 e. The predicted octanol–water partition coefficient (Wildman–Crippen LogP) is 4.38. The zero-order valence-corrected chi connectivity index (χ0v) is 10.8. The highest BCUT2D eigenvalue weighted by molar-refractivity contribution is 7.09. The van der Waals surface area contributed by atoms with Gasteiger partial charge in [-0.15, -0.1) is 11.3 Å². The molecule has 15 heavy (non-hydrogen) atoms. The fourth-order valence-corrected chi connectivity index (χ4v) is 3.56. The van der Waals surface area contributed by atoms with Crippen molar-refractivity contribution < 1.29 is 0 Å². The van der Waals surface area contributed by atoms with Gasteiger partial charge in [0.05, 0.1) is 5.01 Å². The number of rotatable bonds is 2. The van der Waals surface area contributed by atoms with Gasteiger partial charge in [0.15, 0.2) is 0 Å². The van der Waals surface area contributed by atoms with Crippen LogP contribution >= 0.6 is 11.3 Å². The molecule has 0 aromatic carbocycles. The summed E-state index contributed by atoms with van der Waals surface area (Å²) in [6, 6.07) is 0. The van der Waals surface area contributed by atoms with Crippen molar-refractivity contribution in [1.82, 2.24) is 4.98 Å². The largest absolute Gasteiger partial charge is 0.246 e. The normalized spacial score (nSPS) is 27.2. The summed E-state index contributed by atoms with van der Waals surface area (Å²) in [7, 11) is 0. The minimum absolute atomic E-state index is 0.763. The van der Waals surface area contributed by atoms with E-state index in [9.17, 15) is 0 Å². The molecule has 0 radical (unpaired) electrons. The Kier molecular flexibility index (Phi) is 3.45. The lowest BCUT2D eigenvalue weighted by Crippen LogP contribution is -2.17. The van der Waals surface area contributed by atoms with Gasteiger partial charge in [0.2, 0.25) is 0 Å². The van der Waals surface area contributed by atoms with E-state index < -0.39 is 0 Å². The highest BCUT2D eigenvalue weighted by Crippen LogP contribution is 2.39. The molecule has 0 atom stereocenters. The van der Waals surface area contributed by atoms with Crippen LogP contribution in [-0.4, -0.2) is 4.98 Å². The van der Waals surface area contributed by atoms with Gasteiger partial charge in [-0.3, -0.25) is 0 Å². The third kappa shape index (κ3) is 2.60. The Balaban J connectivity index is 1.93. The summed E-state index contributed by atoms with van der Waals surface area (Å²) in [6.07, 6.45) is 5.52. The second kappa shape index (κ2) is 4.65. The van der Waals surface area contributed by atoms with E-state index in [4.69, 9.17) is 0 Å². The Hall–Kier alpha value is -0.370. The lowest BCUT2D eigenvalue weighted by molar-refractivity contribution is 0.258. The maximum Gasteiger partial charge on any atom is 0.0959 e. The molecule has 84 valence electrons. The Labute approximate surface area is 96.9 Å². The molecular formula is C13H21NS. The van der Waals surface area contributed by atoms with Gasteiger partial charge in [-0.2, -0.15) is 0 Å². The van der Waals surface area contributed by atoms with Gasteiger partial charge in [-0.1, -0.05) is 13.8 Å². The first-order valence-electron chi connectivity index (χ1n) is 6.09. The Morgan fingerprint density at radius 3 is 2.40 bits per heavy atom. The van der Waals surface area contributed by atoms with E-state index in [1.54, 1.807) is 0 Å². The van der Waals surface area contributed by atoms with Crippen molar-refractivity contribution >= 4 is 11.3 Å². The third-order valence-corrected chi connectivity index (χ3v) is 4.83. The molecule has 1 saturated carbocycles. The van der Waals surface area contributed by atoms with Gasteiger partial charge in [0.25, 0.3) is 0 Å². The van der Waals surface area contributed by atoms with Crippen molar-refractivity contribution in [2.24, 2.45) is 11.8 Å². The van der Waals surface area contributed by atoms with Crippen LogP contribution in [0.4, 0.5) is 0 Å². The second-order valence-electron chi connectivity index (χ2n) is 5.18. The number of hydrogen-bond acceptors (Lipinski definition) is 2. The summed E-state index contributed by atoms with van der Waals surface area (Å²) in [6.45, 7) is 6.82. The molecule has 0 unspecified atom stereocenters. The van der Waals surface area contributed by atoms with Crippen molar-refractivity contribution in [3.8, 4) is 0 Å². The lowest BCUT2D eigenvalue weighted by Gasteiger charge is -2.29. The number of hydrogen-bond donors (Lipinski definition) is 0. The molecule has 0 bridgehead atoms. The molecule has 1 nitrogen and oxygen atoms in total. The van der Waals surface area contributed by atoms with Crippen molar-refractivity contribution in [1.29, 1.82) is 0 Å². The van der Waals surface area contributed by atoms with Gasteiger partial charge in [-0.25, -0.2) is 4.98 Å². The smallest absolute Gasteiger partial charge is 0.0959 e. The SMILES string of the molecule is Cc1csc(C2CCC(C(C)C)CC2)n1. The molecule has 1 fully saturated rings.